The maximum absolute atomic E-state index is 0. The van der Waals surface area contributed by atoms with E-state index in [2.05, 4.69) is 0 Å². The minimum absolute atomic E-state index is 0. The van der Waals surface area contributed by atoms with Crippen molar-refractivity contribution in [3.8, 4) is 0 Å². The second-order valence-corrected chi connectivity index (χ2v) is 0. The van der Waals surface area contributed by atoms with Gasteiger partial charge in [0.1, 0.15) is 0 Å². The standard InChI is InChI=1S/5Mg.10H. The highest BCUT2D eigenvalue weighted by atomic mass is 24.3. The zero-order valence-corrected chi connectivity index (χ0v) is 0. The molecule has 0 aromatic rings. The molecule has 5 heteroatoms. The lowest BCUT2D eigenvalue weighted by atomic mass is 24.3. The Morgan fingerprint density at radius 3 is 0.200 bits per heavy atom. The summed E-state index contributed by atoms with van der Waals surface area (Å²) in [6.45, 7) is 0. The molecule has 0 saturated carbocycles. The fourth-order valence-electron chi connectivity index (χ4n) is 0. The van der Waals surface area contributed by atoms with Gasteiger partial charge in [-0.05, 0) is 0 Å². The first-order valence-electron chi connectivity index (χ1n) is 0. The first-order chi connectivity index (χ1) is 0. The number of rotatable bonds is 0. The highest BCUT2D eigenvalue weighted by Crippen LogP contribution is -0.377. The molecule has 0 N–H and O–H groups in total. The molecule has 0 aliphatic carbocycles. The van der Waals surface area contributed by atoms with Crippen LogP contribution in [0.15, 0.2) is 0 Å². The van der Waals surface area contributed by atoms with Crippen LogP contribution in [0, 0.1) is 0 Å². The van der Waals surface area contributed by atoms with Gasteiger partial charge in [0.05, 0.1) is 0 Å². The van der Waals surface area contributed by atoms with Crippen LogP contribution >= 0.6 is 0 Å². The molecule has 0 aromatic heterocycles. The number of hydrogen-bond donors (Lipinski definition) is 0. The third-order valence-electron chi connectivity index (χ3n) is 0. The second-order valence-electron chi connectivity index (χ2n) is 0. The Hall–Kier alpha value is 3.83. The van der Waals surface area contributed by atoms with Gasteiger partial charge in [0.2, 0.25) is 0 Å². The molecule has 0 aliphatic heterocycles. The summed E-state index contributed by atoms with van der Waals surface area (Å²) >= 11 is 0. The molecule has 5 heavy (non-hydrogen) atoms. The molecule has 0 aromatic carbocycles. The van der Waals surface area contributed by atoms with Crippen LogP contribution in [0.25, 0.3) is 0 Å². The van der Waals surface area contributed by atoms with Crippen LogP contribution in [0.1, 0.15) is 0 Å². The fraction of sp³-hybridized carbons (Fsp3) is 0. The zero-order valence-electron chi connectivity index (χ0n) is 0. The summed E-state index contributed by atoms with van der Waals surface area (Å²) in [4.78, 5) is 0. The minimum atomic E-state index is 0. The lowest BCUT2D eigenvalue weighted by Gasteiger charge is 0.315. The first kappa shape index (κ1) is 36.9. The molecule has 0 aliphatic rings. The highest BCUT2D eigenvalue weighted by molar-refractivity contribution is 5.76. The van der Waals surface area contributed by atoms with Crippen molar-refractivity contribution in [1.29, 1.82) is 0 Å². The van der Waals surface area contributed by atoms with Gasteiger partial charge in [0.15, 0.2) is 0 Å². The largest absolute Gasteiger partial charge is 0.316 e. The summed E-state index contributed by atoms with van der Waals surface area (Å²) in [6.07, 6.45) is 0. The third-order valence-corrected chi connectivity index (χ3v) is 0. The van der Waals surface area contributed by atoms with E-state index < -0.39 is 0 Å². The number of hydrogen-bond acceptors (Lipinski definition) is 0. The lowest BCUT2D eigenvalue weighted by Crippen LogP contribution is -0.382. The lowest BCUT2D eigenvalue weighted by molar-refractivity contribution is 5.75. The zero-order chi connectivity index (χ0) is 0. The maximum Gasteiger partial charge on any atom is 0.316 e. The molecule has 0 rings (SSSR count). The second kappa shape index (κ2) is 24.9. The van der Waals surface area contributed by atoms with E-state index in [-0.39, 0.29) is 115 Å². The maximum atomic E-state index is 0. The molecule has 0 bridgehead atoms. The highest BCUT2D eigenvalue weighted by Gasteiger charge is 0.320. The molecule has 0 nitrogen and oxygen atoms in total. The first-order valence-corrected chi connectivity index (χ1v) is 0. The van der Waals surface area contributed by atoms with Gasteiger partial charge < -0.3 is 0 Å². The third kappa shape index (κ3) is 18.1. The average molecular weight is 132 g/mol. The van der Waals surface area contributed by atoms with E-state index in [1.54, 1.807) is 0 Å². The van der Waals surface area contributed by atoms with Gasteiger partial charge in [-0.1, -0.05) is 0 Å². The van der Waals surface area contributed by atoms with Crippen molar-refractivity contribution in [3.05, 3.63) is 0 Å². The van der Waals surface area contributed by atoms with E-state index in [0.29, 0.717) is 0 Å². The quantitative estimate of drug-likeness (QED) is 0.291. The Balaban J connectivity index is 0. The van der Waals surface area contributed by atoms with Crippen molar-refractivity contribution < 1.29 is 0 Å². The molecule has 0 spiro atoms. The van der Waals surface area contributed by atoms with E-state index in [4.69, 9.17) is 0 Å². The molecule has 0 amide bonds. The van der Waals surface area contributed by atoms with Crippen molar-refractivity contribution in [1.82, 2.24) is 0 Å². The topological polar surface area (TPSA) is 0 Å². The Morgan fingerprint density at radius 2 is 0.200 bits per heavy atom. The average Bonchev–Trinajstić information content (AvgIpc) is 0. The summed E-state index contributed by atoms with van der Waals surface area (Å²) in [7, 11) is 0. The normalized spacial score (nSPS) is 0. The van der Waals surface area contributed by atoms with Crippen LogP contribution in [0.3, 0.4) is 0 Å². The summed E-state index contributed by atoms with van der Waals surface area (Å²) in [5, 5.41) is 0. The van der Waals surface area contributed by atoms with E-state index in [0.717, 1.165) is 0 Å². The van der Waals surface area contributed by atoms with Crippen molar-refractivity contribution in [2.24, 2.45) is 0 Å². The molecule has 0 heterocycles. The molecular formula is H10Mg5. The van der Waals surface area contributed by atoms with E-state index in [1.807, 2.05) is 0 Å². The van der Waals surface area contributed by atoms with E-state index >= 15 is 0 Å². The van der Waals surface area contributed by atoms with Gasteiger partial charge >= 0.3 is 115 Å². The molecular weight excluding hydrogens is 122 g/mol. The minimum Gasteiger partial charge on any atom is 0.316 e. The SMILES string of the molecule is [MgH2].[MgH2].[MgH2].[MgH2].[MgH2]. The van der Waals surface area contributed by atoms with Crippen molar-refractivity contribution >= 4 is 115 Å². The molecule has 0 radical (unpaired) electrons. The van der Waals surface area contributed by atoms with Crippen LogP contribution < -0.4 is 0 Å². The summed E-state index contributed by atoms with van der Waals surface area (Å²) < 4.78 is 0. The van der Waals surface area contributed by atoms with Crippen molar-refractivity contribution in [2.75, 3.05) is 0 Å². The molecule has 0 fully saturated rings. The monoisotopic (exact) mass is 130 g/mol. The molecule has 0 unspecified atom stereocenters. The van der Waals surface area contributed by atoms with Gasteiger partial charge in [-0.25, -0.2) is 0 Å². The molecule has 20 valence electrons. The van der Waals surface area contributed by atoms with Crippen molar-refractivity contribution in [2.45, 2.75) is 0 Å². The van der Waals surface area contributed by atoms with Gasteiger partial charge in [-0.2, -0.15) is 0 Å². The smallest absolute Gasteiger partial charge is 0.316 e. The van der Waals surface area contributed by atoms with Crippen LogP contribution in [-0.2, 0) is 0 Å². The Bertz CT molecular complexity index is 0. The van der Waals surface area contributed by atoms with Crippen LogP contribution in [0.4, 0.5) is 0 Å². The Kier molecular flexibility index (Phi) is 184. The van der Waals surface area contributed by atoms with Gasteiger partial charge in [0.25, 0.3) is 0 Å². The Labute approximate surface area is 113 Å². The van der Waals surface area contributed by atoms with Gasteiger partial charge in [-0.15, -0.1) is 0 Å². The summed E-state index contributed by atoms with van der Waals surface area (Å²) in [5.41, 5.74) is 0. The van der Waals surface area contributed by atoms with Crippen LogP contribution in [-0.4, -0.2) is 115 Å². The van der Waals surface area contributed by atoms with Gasteiger partial charge in [0, 0.05) is 0 Å². The van der Waals surface area contributed by atoms with Crippen LogP contribution in [0.2, 0.25) is 0 Å². The fourth-order valence-corrected chi connectivity index (χ4v) is 0. The van der Waals surface area contributed by atoms with Gasteiger partial charge in [-0.3, -0.25) is 0 Å². The molecule has 0 atom stereocenters. The Morgan fingerprint density at radius 1 is 0.200 bits per heavy atom. The van der Waals surface area contributed by atoms with E-state index in [1.165, 1.54) is 0 Å². The predicted octanol–water partition coefficient (Wildman–Crippen LogP) is -4.58. The van der Waals surface area contributed by atoms with Crippen molar-refractivity contribution in [3.63, 3.8) is 0 Å². The van der Waals surface area contributed by atoms with E-state index in [9.17, 15) is 0 Å². The molecule has 0 saturated heterocycles. The summed E-state index contributed by atoms with van der Waals surface area (Å²) in [6, 6.07) is 0. The predicted molar refractivity (Wildman–Crippen MR) is 42.7 cm³/mol. The summed E-state index contributed by atoms with van der Waals surface area (Å²) in [5.74, 6) is 0. The van der Waals surface area contributed by atoms with Crippen LogP contribution in [0.5, 0.6) is 0 Å².